The number of nitrogens with zero attached hydrogens (tertiary/aromatic N) is 5. The molecule has 1 aromatic carbocycles. The van der Waals surface area contributed by atoms with Crippen LogP contribution in [-0.4, -0.2) is 29.6 Å². The van der Waals surface area contributed by atoms with Gasteiger partial charge in [0, 0.05) is 5.69 Å². The Morgan fingerprint density at radius 2 is 2.00 bits per heavy atom. The molecule has 0 aliphatic heterocycles. The second-order valence-corrected chi connectivity index (χ2v) is 5.77. The number of hydrogen-bond donors (Lipinski definition) is 1. The van der Waals surface area contributed by atoms with Crippen molar-refractivity contribution in [3.05, 3.63) is 52.6 Å². The summed E-state index contributed by atoms with van der Waals surface area (Å²) in [5.41, 5.74) is 4.49. The maximum Gasteiger partial charge on any atom is 0.278 e. The van der Waals surface area contributed by atoms with Crippen molar-refractivity contribution in [1.29, 1.82) is 0 Å². The average Bonchev–Trinajstić information content (AvgIpc) is 3.09. The van der Waals surface area contributed by atoms with Crippen LogP contribution in [0.3, 0.4) is 0 Å². The third kappa shape index (κ3) is 3.11. The molecule has 3 rings (SSSR count). The van der Waals surface area contributed by atoms with Crippen LogP contribution in [0.5, 0.6) is 0 Å². The Balaban J connectivity index is 1.80. The fraction of sp³-hybridized carbons (Fsp3) is 0.267. The van der Waals surface area contributed by atoms with Crippen molar-refractivity contribution in [3.63, 3.8) is 0 Å². The van der Waals surface area contributed by atoms with Crippen LogP contribution in [0.4, 0.5) is 5.69 Å². The first-order valence-electron chi connectivity index (χ1n) is 7.11. The second kappa shape index (κ2) is 6.25. The van der Waals surface area contributed by atoms with Gasteiger partial charge in [0.15, 0.2) is 5.69 Å². The Bertz CT molecular complexity index is 853. The van der Waals surface area contributed by atoms with Gasteiger partial charge < -0.3 is 5.32 Å². The molecule has 118 valence electrons. The van der Waals surface area contributed by atoms with Gasteiger partial charge in [-0.1, -0.05) is 23.4 Å². The summed E-state index contributed by atoms with van der Waals surface area (Å²) in [5.74, 6) is -0.267. The van der Waals surface area contributed by atoms with Gasteiger partial charge in [0.2, 0.25) is 0 Å². The van der Waals surface area contributed by atoms with Crippen molar-refractivity contribution in [2.24, 2.45) is 0 Å². The maximum atomic E-state index is 12.4. The minimum atomic E-state index is -0.267. The molecule has 1 amide bonds. The highest BCUT2D eigenvalue weighted by atomic mass is 32.1. The van der Waals surface area contributed by atoms with Crippen molar-refractivity contribution in [1.82, 2.24) is 23.7 Å². The van der Waals surface area contributed by atoms with Gasteiger partial charge >= 0.3 is 0 Å². The Labute approximate surface area is 137 Å². The van der Waals surface area contributed by atoms with E-state index in [0.717, 1.165) is 22.6 Å². The minimum absolute atomic E-state index is 0.267. The van der Waals surface area contributed by atoms with E-state index < -0.39 is 0 Å². The smallest absolute Gasteiger partial charge is 0.278 e. The lowest BCUT2D eigenvalue weighted by Gasteiger charge is -2.07. The van der Waals surface area contributed by atoms with Gasteiger partial charge in [0.1, 0.15) is 0 Å². The fourth-order valence-electron chi connectivity index (χ4n) is 2.15. The van der Waals surface area contributed by atoms with Crippen LogP contribution in [0, 0.1) is 20.8 Å². The zero-order valence-corrected chi connectivity index (χ0v) is 13.9. The molecule has 8 heteroatoms. The predicted octanol–water partition coefficient (Wildman–Crippen LogP) is 2.36. The van der Waals surface area contributed by atoms with Gasteiger partial charge in [-0.25, -0.2) is 4.68 Å². The number of aromatic nitrogens is 5. The van der Waals surface area contributed by atoms with Gasteiger partial charge in [-0.3, -0.25) is 4.79 Å². The molecule has 23 heavy (non-hydrogen) atoms. The fourth-order valence-corrected chi connectivity index (χ4v) is 2.71. The predicted molar refractivity (Wildman–Crippen MR) is 87.6 cm³/mol. The van der Waals surface area contributed by atoms with Crippen LogP contribution < -0.4 is 5.32 Å². The van der Waals surface area contributed by atoms with Gasteiger partial charge in [-0.15, -0.1) is 5.10 Å². The van der Waals surface area contributed by atoms with Crippen LogP contribution in [-0.2, 0) is 6.54 Å². The van der Waals surface area contributed by atoms with E-state index in [1.807, 2.05) is 45.0 Å². The topological polar surface area (TPSA) is 85.6 Å². The molecule has 2 heterocycles. The van der Waals surface area contributed by atoms with Crippen molar-refractivity contribution in [2.45, 2.75) is 27.3 Å². The van der Waals surface area contributed by atoms with E-state index in [-0.39, 0.29) is 5.91 Å². The summed E-state index contributed by atoms with van der Waals surface area (Å²) >= 11 is 1.17. The number of para-hydroxylation sites is 1. The number of aryl methyl sites for hydroxylation is 2. The summed E-state index contributed by atoms with van der Waals surface area (Å²) in [6.45, 7) is 6.12. The second-order valence-electron chi connectivity index (χ2n) is 5.25. The van der Waals surface area contributed by atoms with E-state index in [1.54, 1.807) is 4.68 Å². The standard InChI is InChI=1S/C15H16N6OS/c1-9-6-4-5-7-12(9)16-15(22)14-11(3)21(20-17-14)8-13-10(2)18-23-19-13/h4-7H,8H2,1-3H3,(H,16,22). The SMILES string of the molecule is Cc1ccccc1NC(=O)c1nnn(Cc2nsnc2C)c1C. The molecule has 0 saturated carbocycles. The number of rotatable bonds is 4. The summed E-state index contributed by atoms with van der Waals surface area (Å²) in [7, 11) is 0. The number of carbonyl (C=O) groups is 1. The van der Waals surface area contributed by atoms with E-state index >= 15 is 0 Å². The van der Waals surface area contributed by atoms with Crippen LogP contribution in [0.1, 0.15) is 33.1 Å². The molecule has 0 saturated heterocycles. The number of benzene rings is 1. The van der Waals surface area contributed by atoms with Gasteiger partial charge in [0.05, 0.1) is 35.4 Å². The summed E-state index contributed by atoms with van der Waals surface area (Å²) in [4.78, 5) is 12.4. The number of carbonyl (C=O) groups excluding carboxylic acids is 1. The molecule has 7 nitrogen and oxygen atoms in total. The number of hydrogen-bond acceptors (Lipinski definition) is 6. The van der Waals surface area contributed by atoms with Crippen LogP contribution >= 0.6 is 11.7 Å². The molecule has 0 aliphatic carbocycles. The molecule has 0 spiro atoms. The molecule has 0 atom stereocenters. The van der Waals surface area contributed by atoms with Crippen molar-refractivity contribution < 1.29 is 4.79 Å². The molecule has 2 aromatic heterocycles. The van der Waals surface area contributed by atoms with Crippen molar-refractivity contribution in [2.75, 3.05) is 5.32 Å². The summed E-state index contributed by atoms with van der Waals surface area (Å²) in [5, 5.41) is 10.9. The molecular weight excluding hydrogens is 312 g/mol. The first kappa shape index (κ1) is 15.3. The number of anilines is 1. The van der Waals surface area contributed by atoms with E-state index in [2.05, 4.69) is 24.4 Å². The monoisotopic (exact) mass is 328 g/mol. The first-order chi connectivity index (χ1) is 11.1. The van der Waals surface area contributed by atoms with Crippen molar-refractivity contribution >= 4 is 23.3 Å². The van der Waals surface area contributed by atoms with Crippen molar-refractivity contribution in [3.8, 4) is 0 Å². The number of nitrogens with one attached hydrogen (secondary N) is 1. The van der Waals surface area contributed by atoms with Gasteiger partial charge in [-0.05, 0) is 32.4 Å². The molecular formula is C15H16N6OS. The lowest BCUT2D eigenvalue weighted by Crippen LogP contribution is -2.15. The van der Waals surface area contributed by atoms with Gasteiger partial charge in [-0.2, -0.15) is 8.75 Å². The molecule has 0 radical (unpaired) electrons. The number of amides is 1. The summed E-state index contributed by atoms with van der Waals surface area (Å²) in [6, 6.07) is 7.61. The normalized spacial score (nSPS) is 10.7. The van der Waals surface area contributed by atoms with Crippen LogP contribution in [0.2, 0.25) is 0 Å². The Morgan fingerprint density at radius 3 is 2.70 bits per heavy atom. The maximum absolute atomic E-state index is 12.4. The first-order valence-corrected chi connectivity index (χ1v) is 7.84. The molecule has 0 fully saturated rings. The highest BCUT2D eigenvalue weighted by Gasteiger charge is 2.18. The lowest BCUT2D eigenvalue weighted by atomic mass is 10.2. The molecule has 0 aliphatic rings. The molecule has 0 bridgehead atoms. The minimum Gasteiger partial charge on any atom is -0.320 e. The van der Waals surface area contributed by atoms with E-state index in [1.165, 1.54) is 11.7 Å². The van der Waals surface area contributed by atoms with E-state index in [9.17, 15) is 4.79 Å². The Morgan fingerprint density at radius 1 is 1.22 bits per heavy atom. The summed E-state index contributed by atoms with van der Waals surface area (Å²) in [6.07, 6.45) is 0. The average molecular weight is 328 g/mol. The van der Waals surface area contributed by atoms with Crippen LogP contribution in [0.25, 0.3) is 0 Å². The Hall–Kier alpha value is -2.61. The van der Waals surface area contributed by atoms with E-state index in [0.29, 0.717) is 17.9 Å². The quantitative estimate of drug-likeness (QED) is 0.794. The zero-order chi connectivity index (χ0) is 16.4. The highest BCUT2D eigenvalue weighted by molar-refractivity contribution is 6.99. The van der Waals surface area contributed by atoms with Crippen LogP contribution in [0.15, 0.2) is 24.3 Å². The molecule has 0 unspecified atom stereocenters. The molecule has 3 aromatic rings. The Kier molecular flexibility index (Phi) is 4.16. The lowest BCUT2D eigenvalue weighted by molar-refractivity contribution is 0.102. The largest absolute Gasteiger partial charge is 0.320 e. The van der Waals surface area contributed by atoms with Gasteiger partial charge in [0.25, 0.3) is 5.91 Å². The third-order valence-electron chi connectivity index (χ3n) is 3.64. The highest BCUT2D eigenvalue weighted by Crippen LogP contribution is 2.16. The zero-order valence-electron chi connectivity index (χ0n) is 13.1. The third-order valence-corrected chi connectivity index (χ3v) is 4.29. The van der Waals surface area contributed by atoms with E-state index in [4.69, 9.17) is 0 Å². The molecule has 1 N–H and O–H groups in total. The summed E-state index contributed by atoms with van der Waals surface area (Å²) < 4.78 is 10.0.